The highest BCUT2D eigenvalue weighted by Gasteiger charge is 2.33. The van der Waals surface area contributed by atoms with E-state index in [0.717, 1.165) is 31.2 Å². The van der Waals surface area contributed by atoms with Gasteiger partial charge in [-0.25, -0.2) is 9.59 Å². The number of hydrogen-bond acceptors (Lipinski definition) is 4. The molecule has 4 rings (SSSR count). The second kappa shape index (κ2) is 6.60. The summed E-state index contributed by atoms with van der Waals surface area (Å²) in [6.07, 6.45) is 4.21. The highest BCUT2D eigenvalue weighted by molar-refractivity contribution is 5.99. The maximum absolute atomic E-state index is 12.8. The lowest BCUT2D eigenvalue weighted by molar-refractivity contribution is -0.147. The van der Waals surface area contributed by atoms with E-state index in [0.29, 0.717) is 17.7 Å². The first-order valence-electron chi connectivity index (χ1n) is 8.92. The van der Waals surface area contributed by atoms with Gasteiger partial charge in [0.2, 0.25) is 0 Å². The number of benzene rings is 1. The number of fused-ring (bicyclic) bond motifs is 1. The lowest BCUT2D eigenvalue weighted by Crippen LogP contribution is -2.52. The number of ether oxygens (including phenoxy) is 1. The highest BCUT2D eigenvalue weighted by Crippen LogP contribution is 2.31. The molecule has 8 heteroatoms. The number of rotatable bonds is 3. The lowest BCUT2D eigenvalue weighted by atomic mass is 10.1. The number of carboxylic acids is 1. The van der Waals surface area contributed by atoms with Gasteiger partial charge >= 0.3 is 11.7 Å². The van der Waals surface area contributed by atoms with Crippen molar-refractivity contribution in [2.75, 3.05) is 19.8 Å². The normalized spacial score (nSPS) is 21.4. The zero-order chi connectivity index (χ0) is 18.3. The van der Waals surface area contributed by atoms with E-state index >= 15 is 0 Å². The zero-order valence-electron chi connectivity index (χ0n) is 14.3. The predicted octanol–water partition coefficient (Wildman–Crippen LogP) is 1.37. The van der Waals surface area contributed by atoms with Crippen molar-refractivity contribution < 1.29 is 19.4 Å². The lowest BCUT2D eigenvalue weighted by Gasteiger charge is -2.32. The number of aliphatic carboxylic acids is 1. The van der Waals surface area contributed by atoms with E-state index in [9.17, 15) is 19.5 Å². The summed E-state index contributed by atoms with van der Waals surface area (Å²) in [7, 11) is 0. The Bertz CT molecular complexity index is 909. The molecule has 1 saturated carbocycles. The second-order valence-electron chi connectivity index (χ2n) is 6.90. The monoisotopic (exact) mass is 359 g/mol. The number of H-pyrrole nitrogens is 1. The summed E-state index contributed by atoms with van der Waals surface area (Å²) in [6, 6.07) is 4.29. The van der Waals surface area contributed by atoms with E-state index in [-0.39, 0.29) is 30.8 Å². The number of nitrogens with one attached hydrogen (secondary N) is 1. The summed E-state index contributed by atoms with van der Waals surface area (Å²) in [4.78, 5) is 40.7. The zero-order valence-corrected chi connectivity index (χ0v) is 14.3. The van der Waals surface area contributed by atoms with Crippen LogP contribution in [0.25, 0.3) is 11.0 Å². The third-order valence-electron chi connectivity index (χ3n) is 5.33. The van der Waals surface area contributed by atoms with Gasteiger partial charge in [0, 0.05) is 18.2 Å². The van der Waals surface area contributed by atoms with Crippen LogP contribution in [-0.2, 0) is 9.53 Å². The van der Waals surface area contributed by atoms with Gasteiger partial charge in [0.15, 0.2) is 6.04 Å². The Morgan fingerprint density at radius 2 is 2.00 bits per heavy atom. The number of imidazole rings is 1. The average molecular weight is 359 g/mol. The third kappa shape index (κ3) is 2.80. The molecule has 0 bridgehead atoms. The van der Waals surface area contributed by atoms with E-state index in [2.05, 4.69) is 4.98 Å². The Hall–Kier alpha value is -2.61. The van der Waals surface area contributed by atoms with Gasteiger partial charge in [0.05, 0.1) is 24.2 Å². The molecule has 2 heterocycles. The van der Waals surface area contributed by atoms with Crippen molar-refractivity contribution in [2.45, 2.75) is 37.8 Å². The Morgan fingerprint density at radius 3 is 2.73 bits per heavy atom. The van der Waals surface area contributed by atoms with Crippen molar-refractivity contribution in [3.63, 3.8) is 0 Å². The molecule has 1 atom stereocenters. The molecule has 0 spiro atoms. The Morgan fingerprint density at radius 1 is 1.23 bits per heavy atom. The molecule has 2 aliphatic rings. The van der Waals surface area contributed by atoms with Gasteiger partial charge in [0.1, 0.15) is 0 Å². The summed E-state index contributed by atoms with van der Waals surface area (Å²) < 4.78 is 6.96. The molecule has 0 unspecified atom stereocenters. The predicted molar refractivity (Wildman–Crippen MR) is 93.3 cm³/mol. The SMILES string of the molecule is O=C(O)[C@H]1COCCN1C(=O)c1ccc2c(c1)[nH]c(=O)n2C1CCCC1. The standard InChI is InChI=1S/C18H21N3O5/c22-16(20-7-8-26-10-15(20)17(23)24)11-5-6-14-13(9-11)19-18(25)21(14)12-3-1-2-4-12/h5-6,9,12,15H,1-4,7-8,10H2,(H,19,25)(H,23,24)/t15-/m1/s1. The molecule has 1 aliphatic heterocycles. The van der Waals surface area contributed by atoms with Gasteiger partial charge in [-0.1, -0.05) is 12.8 Å². The number of aromatic nitrogens is 2. The first-order valence-corrected chi connectivity index (χ1v) is 8.92. The number of carbonyl (C=O) groups excluding carboxylic acids is 1. The van der Waals surface area contributed by atoms with Gasteiger partial charge in [-0.3, -0.25) is 9.36 Å². The molecular formula is C18H21N3O5. The van der Waals surface area contributed by atoms with Gasteiger partial charge < -0.3 is 19.7 Å². The Labute approximate surface area is 149 Å². The maximum Gasteiger partial charge on any atom is 0.328 e. The molecule has 1 aromatic heterocycles. The molecule has 2 N–H and O–H groups in total. The molecule has 1 amide bonds. The highest BCUT2D eigenvalue weighted by atomic mass is 16.5. The number of aromatic amines is 1. The van der Waals surface area contributed by atoms with Gasteiger partial charge in [-0.05, 0) is 31.0 Å². The summed E-state index contributed by atoms with van der Waals surface area (Å²) in [5.41, 5.74) is 1.60. The number of carbonyl (C=O) groups is 2. The van der Waals surface area contributed by atoms with E-state index in [1.54, 1.807) is 22.8 Å². The molecule has 26 heavy (non-hydrogen) atoms. The minimum atomic E-state index is -1.08. The molecular weight excluding hydrogens is 338 g/mol. The first kappa shape index (κ1) is 16.8. The van der Waals surface area contributed by atoms with E-state index in [1.165, 1.54) is 4.90 Å². The quantitative estimate of drug-likeness (QED) is 0.861. The minimum Gasteiger partial charge on any atom is -0.480 e. The third-order valence-corrected chi connectivity index (χ3v) is 5.33. The van der Waals surface area contributed by atoms with Crippen LogP contribution >= 0.6 is 0 Å². The van der Waals surface area contributed by atoms with Crippen LogP contribution < -0.4 is 5.69 Å². The largest absolute Gasteiger partial charge is 0.480 e. The van der Waals surface area contributed by atoms with Gasteiger partial charge in [0.25, 0.3) is 5.91 Å². The number of morpholine rings is 1. The van der Waals surface area contributed by atoms with Crippen LogP contribution in [0.2, 0.25) is 0 Å². The summed E-state index contributed by atoms with van der Waals surface area (Å²) in [5.74, 6) is -1.45. The van der Waals surface area contributed by atoms with Crippen LogP contribution in [-0.4, -0.2) is 57.2 Å². The first-order chi connectivity index (χ1) is 12.6. The maximum atomic E-state index is 12.8. The Kier molecular flexibility index (Phi) is 4.28. The number of amides is 1. The van der Waals surface area contributed by atoms with Crippen LogP contribution in [0, 0.1) is 0 Å². The van der Waals surface area contributed by atoms with Crippen LogP contribution in [0.3, 0.4) is 0 Å². The van der Waals surface area contributed by atoms with Crippen molar-refractivity contribution in [3.8, 4) is 0 Å². The summed E-state index contributed by atoms with van der Waals surface area (Å²) in [5, 5.41) is 9.31. The van der Waals surface area contributed by atoms with Crippen molar-refractivity contribution in [3.05, 3.63) is 34.2 Å². The van der Waals surface area contributed by atoms with Crippen molar-refractivity contribution >= 4 is 22.9 Å². The molecule has 1 saturated heterocycles. The minimum absolute atomic E-state index is 0.0157. The van der Waals surface area contributed by atoms with Gasteiger partial charge in [-0.15, -0.1) is 0 Å². The molecule has 8 nitrogen and oxygen atoms in total. The van der Waals surface area contributed by atoms with Crippen LogP contribution in [0.4, 0.5) is 0 Å². The Balaban J connectivity index is 1.68. The van der Waals surface area contributed by atoms with Crippen molar-refractivity contribution in [2.24, 2.45) is 0 Å². The molecule has 2 aromatic rings. The number of carboxylic acid groups (broad SMARTS) is 1. The molecule has 1 aliphatic carbocycles. The fourth-order valence-electron chi connectivity index (χ4n) is 4.01. The summed E-state index contributed by atoms with van der Waals surface area (Å²) in [6.45, 7) is 0.526. The summed E-state index contributed by atoms with van der Waals surface area (Å²) >= 11 is 0. The van der Waals surface area contributed by atoms with E-state index in [4.69, 9.17) is 4.74 Å². The van der Waals surface area contributed by atoms with E-state index < -0.39 is 12.0 Å². The van der Waals surface area contributed by atoms with Crippen LogP contribution in [0.15, 0.2) is 23.0 Å². The van der Waals surface area contributed by atoms with Gasteiger partial charge in [-0.2, -0.15) is 0 Å². The molecule has 1 aromatic carbocycles. The van der Waals surface area contributed by atoms with E-state index in [1.807, 2.05) is 0 Å². The van der Waals surface area contributed by atoms with Crippen molar-refractivity contribution in [1.29, 1.82) is 0 Å². The van der Waals surface area contributed by atoms with Crippen molar-refractivity contribution in [1.82, 2.24) is 14.5 Å². The average Bonchev–Trinajstić information content (AvgIpc) is 3.26. The number of nitrogens with zero attached hydrogens (tertiary/aromatic N) is 2. The van der Waals surface area contributed by atoms with Crippen LogP contribution in [0.5, 0.6) is 0 Å². The molecule has 138 valence electrons. The number of hydrogen-bond donors (Lipinski definition) is 2. The fraction of sp³-hybridized carbons (Fsp3) is 0.500. The fourth-order valence-corrected chi connectivity index (χ4v) is 4.01. The van der Waals surface area contributed by atoms with Crippen LogP contribution in [0.1, 0.15) is 42.1 Å². The molecule has 0 radical (unpaired) electrons. The topological polar surface area (TPSA) is 105 Å². The second-order valence-corrected chi connectivity index (χ2v) is 6.90. The molecule has 2 fully saturated rings. The smallest absolute Gasteiger partial charge is 0.328 e.